The van der Waals surface area contributed by atoms with Crippen LogP contribution in [0.3, 0.4) is 0 Å². The van der Waals surface area contributed by atoms with Crippen LogP contribution in [-0.4, -0.2) is 18.3 Å². The van der Waals surface area contributed by atoms with Crippen LogP contribution in [0.2, 0.25) is 5.02 Å². The molecule has 3 nitrogen and oxygen atoms in total. The first-order valence-corrected chi connectivity index (χ1v) is 8.13. The van der Waals surface area contributed by atoms with Crippen LogP contribution in [0.25, 0.3) is 21.9 Å². The summed E-state index contributed by atoms with van der Waals surface area (Å²) in [4.78, 5) is 0. The van der Waals surface area contributed by atoms with Crippen LogP contribution >= 0.6 is 11.6 Å². The molecule has 2 heterocycles. The number of benzene rings is 2. The third-order valence-electron chi connectivity index (χ3n) is 5.01. The van der Waals surface area contributed by atoms with Crippen molar-refractivity contribution in [3.63, 3.8) is 0 Å². The van der Waals surface area contributed by atoms with Crippen molar-refractivity contribution in [2.75, 3.05) is 0 Å². The number of hydrogen-bond acceptors (Lipinski definition) is 3. The lowest BCUT2D eigenvalue weighted by Gasteiger charge is -2.32. The number of fused-ring (bicyclic) bond motifs is 3. The fourth-order valence-corrected chi connectivity index (χ4v) is 3.28. The maximum absolute atomic E-state index is 6.43. The van der Waals surface area contributed by atoms with Gasteiger partial charge in [0.1, 0.15) is 11.2 Å². The quantitative estimate of drug-likeness (QED) is 0.615. The molecule has 0 unspecified atom stereocenters. The van der Waals surface area contributed by atoms with Gasteiger partial charge in [-0.2, -0.15) is 0 Å². The van der Waals surface area contributed by atoms with Gasteiger partial charge in [0.2, 0.25) is 0 Å². The second-order valence-electron chi connectivity index (χ2n) is 7.02. The van der Waals surface area contributed by atoms with E-state index in [-0.39, 0.29) is 11.2 Å². The molecule has 118 valence electrons. The smallest absolute Gasteiger partial charge is 0.456 e. The predicted molar refractivity (Wildman–Crippen MR) is 94.4 cm³/mol. The molecule has 5 heteroatoms. The molecule has 0 bridgehead atoms. The molecule has 1 saturated heterocycles. The zero-order chi connectivity index (χ0) is 16.4. The van der Waals surface area contributed by atoms with Crippen LogP contribution in [0.5, 0.6) is 0 Å². The molecule has 1 fully saturated rings. The highest BCUT2D eigenvalue weighted by Crippen LogP contribution is 2.39. The largest absolute Gasteiger partial charge is 0.495 e. The van der Waals surface area contributed by atoms with Crippen molar-refractivity contribution in [2.24, 2.45) is 0 Å². The first-order chi connectivity index (χ1) is 10.8. The standard InChI is InChI=1S/C18H18BClO3/c1-17(2)18(3,4)23-19(22-17)11-7-5-9-13-15(11)16-12(20)8-6-10-14(16)21-13/h5-10H,1-4H3. The van der Waals surface area contributed by atoms with Gasteiger partial charge in [-0.05, 0) is 51.4 Å². The highest BCUT2D eigenvalue weighted by Gasteiger charge is 2.52. The molecule has 4 rings (SSSR count). The Morgan fingerprint density at radius 3 is 2.04 bits per heavy atom. The van der Waals surface area contributed by atoms with Crippen LogP contribution < -0.4 is 5.46 Å². The lowest BCUT2D eigenvalue weighted by Crippen LogP contribution is -2.41. The van der Waals surface area contributed by atoms with E-state index >= 15 is 0 Å². The monoisotopic (exact) mass is 328 g/mol. The molecule has 23 heavy (non-hydrogen) atoms. The Kier molecular flexibility index (Phi) is 3.12. The predicted octanol–water partition coefficient (Wildman–Crippen LogP) is 4.54. The SMILES string of the molecule is CC1(C)OB(c2cccc3oc4cccc(Cl)c4c23)OC1(C)C. The van der Waals surface area contributed by atoms with E-state index in [0.29, 0.717) is 5.02 Å². The van der Waals surface area contributed by atoms with Gasteiger partial charge in [-0.25, -0.2) is 0 Å². The molecular weight excluding hydrogens is 310 g/mol. The van der Waals surface area contributed by atoms with Gasteiger partial charge in [-0.15, -0.1) is 0 Å². The molecule has 2 aromatic carbocycles. The van der Waals surface area contributed by atoms with E-state index in [1.807, 2.05) is 64.1 Å². The number of rotatable bonds is 1. The van der Waals surface area contributed by atoms with Gasteiger partial charge in [0.05, 0.1) is 16.2 Å². The Morgan fingerprint density at radius 2 is 1.39 bits per heavy atom. The minimum Gasteiger partial charge on any atom is -0.456 e. The van der Waals surface area contributed by atoms with Gasteiger partial charge in [0, 0.05) is 10.8 Å². The summed E-state index contributed by atoms with van der Waals surface area (Å²) < 4.78 is 18.4. The van der Waals surface area contributed by atoms with Crippen LogP contribution in [-0.2, 0) is 9.31 Å². The molecular formula is C18H18BClO3. The fraction of sp³-hybridized carbons (Fsp3) is 0.333. The van der Waals surface area contributed by atoms with Crippen molar-refractivity contribution in [3.8, 4) is 0 Å². The van der Waals surface area contributed by atoms with Crippen molar-refractivity contribution >= 4 is 46.1 Å². The van der Waals surface area contributed by atoms with E-state index in [4.69, 9.17) is 25.3 Å². The highest BCUT2D eigenvalue weighted by atomic mass is 35.5. The molecule has 1 aliphatic heterocycles. The Bertz CT molecular complexity index is 897. The van der Waals surface area contributed by atoms with Crippen molar-refractivity contribution in [3.05, 3.63) is 41.4 Å². The first kappa shape index (κ1) is 15.1. The topological polar surface area (TPSA) is 31.6 Å². The van der Waals surface area contributed by atoms with E-state index in [1.54, 1.807) is 0 Å². The number of furan rings is 1. The zero-order valence-corrected chi connectivity index (χ0v) is 14.4. The van der Waals surface area contributed by atoms with Gasteiger partial charge >= 0.3 is 7.12 Å². The van der Waals surface area contributed by atoms with Crippen molar-refractivity contribution in [1.82, 2.24) is 0 Å². The summed E-state index contributed by atoms with van der Waals surface area (Å²) in [6, 6.07) is 11.6. The van der Waals surface area contributed by atoms with E-state index in [9.17, 15) is 0 Å². The molecule has 0 spiro atoms. The Labute approximate surface area is 140 Å². The lowest BCUT2D eigenvalue weighted by atomic mass is 9.76. The minimum atomic E-state index is -0.444. The third kappa shape index (κ3) is 2.13. The van der Waals surface area contributed by atoms with E-state index in [2.05, 4.69) is 0 Å². The van der Waals surface area contributed by atoms with Gasteiger partial charge < -0.3 is 13.7 Å². The fourth-order valence-electron chi connectivity index (χ4n) is 3.02. The molecule has 0 aliphatic carbocycles. The maximum Gasteiger partial charge on any atom is 0.495 e. The molecule has 0 amide bonds. The normalized spacial score (nSPS) is 19.8. The van der Waals surface area contributed by atoms with Crippen LogP contribution in [0.1, 0.15) is 27.7 Å². The van der Waals surface area contributed by atoms with Gasteiger partial charge in [-0.3, -0.25) is 0 Å². The number of halogens is 1. The van der Waals surface area contributed by atoms with Crippen molar-refractivity contribution in [2.45, 2.75) is 38.9 Å². The molecule has 0 radical (unpaired) electrons. The summed E-state index contributed by atoms with van der Waals surface area (Å²) >= 11 is 6.43. The highest BCUT2D eigenvalue weighted by molar-refractivity contribution is 6.66. The minimum absolute atomic E-state index is 0.386. The summed E-state index contributed by atoms with van der Waals surface area (Å²) in [7, 11) is -0.444. The first-order valence-electron chi connectivity index (χ1n) is 7.75. The van der Waals surface area contributed by atoms with Crippen LogP contribution in [0.15, 0.2) is 40.8 Å². The summed E-state index contributed by atoms with van der Waals surface area (Å²) in [6.07, 6.45) is 0. The second kappa shape index (κ2) is 4.76. The van der Waals surface area contributed by atoms with Crippen molar-refractivity contribution < 1.29 is 13.7 Å². The average Bonchev–Trinajstić information content (AvgIpc) is 2.94. The third-order valence-corrected chi connectivity index (χ3v) is 5.33. The lowest BCUT2D eigenvalue weighted by molar-refractivity contribution is 0.00578. The average molecular weight is 329 g/mol. The van der Waals surface area contributed by atoms with Gasteiger partial charge in [-0.1, -0.05) is 29.8 Å². The summed E-state index contributed by atoms with van der Waals surface area (Å²) in [5.74, 6) is 0. The Balaban J connectivity index is 1.97. The molecule has 0 saturated carbocycles. The van der Waals surface area contributed by atoms with Crippen LogP contribution in [0.4, 0.5) is 0 Å². The van der Waals surface area contributed by atoms with E-state index < -0.39 is 7.12 Å². The zero-order valence-electron chi connectivity index (χ0n) is 13.6. The van der Waals surface area contributed by atoms with Crippen molar-refractivity contribution in [1.29, 1.82) is 0 Å². The molecule has 0 N–H and O–H groups in total. The maximum atomic E-state index is 6.43. The van der Waals surface area contributed by atoms with Crippen LogP contribution in [0, 0.1) is 0 Å². The molecule has 3 aromatic rings. The molecule has 0 atom stereocenters. The molecule has 1 aromatic heterocycles. The van der Waals surface area contributed by atoms with Gasteiger partial charge in [0.15, 0.2) is 0 Å². The summed E-state index contributed by atoms with van der Waals surface area (Å²) in [6.45, 7) is 8.20. The Morgan fingerprint density at radius 1 is 0.826 bits per heavy atom. The van der Waals surface area contributed by atoms with Gasteiger partial charge in [0.25, 0.3) is 0 Å². The number of hydrogen-bond donors (Lipinski definition) is 0. The van der Waals surface area contributed by atoms with E-state index in [1.165, 1.54) is 0 Å². The second-order valence-corrected chi connectivity index (χ2v) is 7.43. The summed E-state index contributed by atoms with van der Waals surface area (Å²) in [5, 5.41) is 2.55. The van der Waals surface area contributed by atoms with E-state index in [0.717, 1.165) is 27.4 Å². The molecule has 1 aliphatic rings. The summed E-state index contributed by atoms with van der Waals surface area (Å²) in [5.41, 5.74) is 1.75. The Hall–Kier alpha value is -1.49.